The molecule has 2 aromatic carbocycles. The quantitative estimate of drug-likeness (QED) is 0.506. The van der Waals surface area contributed by atoms with Crippen LogP contribution >= 0.6 is 23.1 Å². The van der Waals surface area contributed by atoms with Crippen LogP contribution in [-0.4, -0.2) is 23.3 Å². The molecule has 0 aliphatic heterocycles. The smallest absolute Gasteiger partial charge is 0.251 e. The number of thiazole rings is 1. The molecule has 7 heteroatoms. The third-order valence-corrected chi connectivity index (χ3v) is 6.39. The molecule has 3 rings (SSSR count). The van der Waals surface area contributed by atoms with E-state index in [0.29, 0.717) is 5.56 Å². The first-order valence-electron chi connectivity index (χ1n) is 9.61. The first-order valence-corrected chi connectivity index (χ1v) is 11.5. The second-order valence-corrected chi connectivity index (χ2v) is 9.29. The van der Waals surface area contributed by atoms with Crippen LogP contribution in [-0.2, 0) is 10.5 Å². The van der Waals surface area contributed by atoms with E-state index in [0.717, 1.165) is 43.7 Å². The summed E-state index contributed by atoms with van der Waals surface area (Å²) in [6, 6.07) is 11.4. The lowest BCUT2D eigenvalue weighted by Crippen LogP contribution is -2.33. The fourth-order valence-corrected chi connectivity index (χ4v) is 4.67. The van der Waals surface area contributed by atoms with Crippen LogP contribution in [0.5, 0.6) is 0 Å². The van der Waals surface area contributed by atoms with Crippen molar-refractivity contribution in [1.29, 1.82) is 0 Å². The summed E-state index contributed by atoms with van der Waals surface area (Å²) >= 11 is 3.32. The van der Waals surface area contributed by atoms with Gasteiger partial charge in [-0.1, -0.05) is 17.7 Å². The zero-order valence-electron chi connectivity index (χ0n) is 17.5. The van der Waals surface area contributed by atoms with E-state index in [1.165, 1.54) is 0 Å². The molecule has 0 saturated heterocycles. The van der Waals surface area contributed by atoms with Gasteiger partial charge in [0.2, 0.25) is 5.91 Å². The maximum Gasteiger partial charge on any atom is 0.251 e. The number of hydrogen-bond donors (Lipinski definition) is 2. The van der Waals surface area contributed by atoms with Crippen molar-refractivity contribution in [3.63, 3.8) is 0 Å². The van der Waals surface area contributed by atoms with Crippen molar-refractivity contribution < 1.29 is 9.59 Å². The SMILES string of the molecule is Cc1cc(C)c(NC(=O)CNC(=O)c2ccc(SCc3csc(C)n3)cc2)c(C)c1. The first kappa shape index (κ1) is 22.1. The molecule has 0 radical (unpaired) electrons. The monoisotopic (exact) mass is 439 g/mol. The summed E-state index contributed by atoms with van der Waals surface area (Å²) in [6.45, 7) is 7.86. The number of benzene rings is 2. The first-order chi connectivity index (χ1) is 14.3. The highest BCUT2D eigenvalue weighted by Crippen LogP contribution is 2.24. The average molecular weight is 440 g/mol. The van der Waals surface area contributed by atoms with Crippen LogP contribution in [0.4, 0.5) is 5.69 Å². The molecule has 2 amide bonds. The molecule has 30 heavy (non-hydrogen) atoms. The molecule has 0 fully saturated rings. The summed E-state index contributed by atoms with van der Waals surface area (Å²) in [4.78, 5) is 30.2. The van der Waals surface area contributed by atoms with Gasteiger partial charge in [0.1, 0.15) is 0 Å². The van der Waals surface area contributed by atoms with Crippen LogP contribution in [0.15, 0.2) is 46.7 Å². The van der Waals surface area contributed by atoms with Crippen LogP contribution in [0.1, 0.15) is 37.7 Å². The summed E-state index contributed by atoms with van der Waals surface area (Å²) in [5.74, 6) is 0.284. The van der Waals surface area contributed by atoms with Gasteiger partial charge in [0.25, 0.3) is 5.91 Å². The number of amides is 2. The molecule has 3 aromatic rings. The van der Waals surface area contributed by atoms with Crippen molar-refractivity contribution >= 4 is 40.6 Å². The Kier molecular flexibility index (Phi) is 7.29. The molecule has 1 heterocycles. The van der Waals surface area contributed by atoms with Gasteiger partial charge in [0.05, 0.1) is 17.2 Å². The van der Waals surface area contributed by atoms with Crippen LogP contribution in [0.25, 0.3) is 0 Å². The second-order valence-electron chi connectivity index (χ2n) is 7.18. The Balaban J connectivity index is 1.50. The normalized spacial score (nSPS) is 10.7. The second kappa shape index (κ2) is 9.91. The van der Waals surface area contributed by atoms with Crippen molar-refractivity contribution in [3.05, 3.63) is 74.7 Å². The van der Waals surface area contributed by atoms with Gasteiger partial charge in [-0.25, -0.2) is 4.98 Å². The Morgan fingerprint density at radius 2 is 1.70 bits per heavy atom. The highest BCUT2D eigenvalue weighted by atomic mass is 32.2. The maximum atomic E-state index is 12.4. The lowest BCUT2D eigenvalue weighted by Gasteiger charge is -2.13. The van der Waals surface area contributed by atoms with Crippen molar-refractivity contribution in [2.24, 2.45) is 0 Å². The van der Waals surface area contributed by atoms with E-state index in [1.54, 1.807) is 35.2 Å². The molecule has 0 atom stereocenters. The molecule has 0 aliphatic rings. The minimum absolute atomic E-state index is 0.0781. The van der Waals surface area contributed by atoms with Gasteiger partial charge >= 0.3 is 0 Å². The van der Waals surface area contributed by atoms with Gasteiger partial charge in [-0.15, -0.1) is 23.1 Å². The molecular formula is C23H25N3O2S2. The lowest BCUT2D eigenvalue weighted by molar-refractivity contribution is -0.115. The molecule has 2 N–H and O–H groups in total. The maximum absolute atomic E-state index is 12.4. The standard InChI is InChI=1S/C23H25N3O2S2/c1-14-9-15(2)22(16(3)10-14)26-21(27)11-24-23(28)18-5-7-20(8-6-18)30-13-19-12-29-17(4)25-19/h5-10,12H,11,13H2,1-4H3,(H,24,28)(H,26,27). The minimum atomic E-state index is -0.269. The molecule has 5 nitrogen and oxygen atoms in total. The molecule has 0 aliphatic carbocycles. The van der Waals surface area contributed by atoms with E-state index in [4.69, 9.17) is 0 Å². The number of carbonyl (C=O) groups excluding carboxylic acids is 2. The van der Waals surface area contributed by atoms with Crippen molar-refractivity contribution in [1.82, 2.24) is 10.3 Å². The van der Waals surface area contributed by atoms with E-state index in [9.17, 15) is 9.59 Å². The largest absolute Gasteiger partial charge is 0.343 e. The summed E-state index contributed by atoms with van der Waals surface area (Å²) in [5.41, 5.74) is 5.56. The minimum Gasteiger partial charge on any atom is -0.343 e. The highest BCUT2D eigenvalue weighted by molar-refractivity contribution is 7.98. The zero-order chi connectivity index (χ0) is 21.7. The fourth-order valence-electron chi connectivity index (χ4n) is 3.16. The summed E-state index contributed by atoms with van der Waals surface area (Å²) < 4.78 is 0. The van der Waals surface area contributed by atoms with Gasteiger partial charge in [-0.3, -0.25) is 9.59 Å². The van der Waals surface area contributed by atoms with Crippen molar-refractivity contribution in [2.75, 3.05) is 11.9 Å². The fraction of sp³-hybridized carbons (Fsp3) is 0.261. The number of hydrogen-bond acceptors (Lipinski definition) is 5. The van der Waals surface area contributed by atoms with Gasteiger partial charge in [-0.2, -0.15) is 0 Å². The summed E-state index contributed by atoms with van der Waals surface area (Å²) in [6.07, 6.45) is 0. The number of carbonyl (C=O) groups is 2. The molecule has 1 aromatic heterocycles. The molecule has 0 bridgehead atoms. The van der Waals surface area contributed by atoms with Gasteiger partial charge in [-0.05, 0) is 63.1 Å². The lowest BCUT2D eigenvalue weighted by atomic mass is 10.1. The van der Waals surface area contributed by atoms with Gasteiger partial charge in [0, 0.05) is 27.3 Å². The Hall–Kier alpha value is -2.64. The molecule has 0 spiro atoms. The topological polar surface area (TPSA) is 71.1 Å². The predicted molar refractivity (Wildman–Crippen MR) is 124 cm³/mol. The van der Waals surface area contributed by atoms with E-state index < -0.39 is 0 Å². The number of rotatable bonds is 7. The highest BCUT2D eigenvalue weighted by Gasteiger charge is 2.11. The van der Waals surface area contributed by atoms with Crippen LogP contribution < -0.4 is 10.6 Å². The number of anilines is 1. The zero-order valence-corrected chi connectivity index (χ0v) is 19.2. The number of aromatic nitrogens is 1. The van der Waals surface area contributed by atoms with Crippen molar-refractivity contribution in [2.45, 2.75) is 38.3 Å². The predicted octanol–water partition coefficient (Wildman–Crippen LogP) is 5.04. The van der Waals surface area contributed by atoms with Crippen molar-refractivity contribution in [3.8, 4) is 0 Å². The molecular weight excluding hydrogens is 414 g/mol. The molecule has 0 saturated carbocycles. The average Bonchev–Trinajstić information content (AvgIpc) is 3.13. The Bertz CT molecular complexity index is 1040. The number of aryl methyl sites for hydroxylation is 4. The Morgan fingerprint density at radius 3 is 2.30 bits per heavy atom. The van der Waals surface area contributed by atoms with Gasteiger partial charge in [0.15, 0.2) is 0 Å². The van der Waals surface area contributed by atoms with Gasteiger partial charge < -0.3 is 10.6 Å². The molecule has 0 unspecified atom stereocenters. The Morgan fingerprint density at radius 1 is 1.03 bits per heavy atom. The number of thioether (sulfide) groups is 1. The van der Waals surface area contributed by atoms with Crippen LogP contribution in [0.3, 0.4) is 0 Å². The van der Waals surface area contributed by atoms with E-state index in [-0.39, 0.29) is 18.4 Å². The van der Waals surface area contributed by atoms with E-state index in [2.05, 4.69) is 21.0 Å². The van der Waals surface area contributed by atoms with Crippen LogP contribution in [0, 0.1) is 27.7 Å². The van der Waals surface area contributed by atoms with E-state index in [1.807, 2.05) is 52.0 Å². The molecule has 156 valence electrons. The summed E-state index contributed by atoms with van der Waals surface area (Å²) in [5, 5.41) is 8.71. The third-order valence-electron chi connectivity index (χ3n) is 4.52. The van der Waals surface area contributed by atoms with Crippen LogP contribution in [0.2, 0.25) is 0 Å². The third kappa shape index (κ3) is 5.93. The summed E-state index contributed by atoms with van der Waals surface area (Å²) in [7, 11) is 0. The Labute approximate surface area is 185 Å². The van der Waals surface area contributed by atoms with E-state index >= 15 is 0 Å². The number of nitrogens with zero attached hydrogens (tertiary/aromatic N) is 1. The number of nitrogens with one attached hydrogen (secondary N) is 2.